The monoisotopic (exact) mass is 241 g/mol. The Bertz CT molecular complexity index is 211. The first kappa shape index (κ1) is 13.7. The van der Waals surface area contributed by atoms with Crippen LogP contribution >= 0.6 is 0 Å². The molecule has 0 aliphatic heterocycles. The molecule has 0 bridgehead atoms. The van der Waals surface area contributed by atoms with Gasteiger partial charge in [-0.15, -0.1) is 0 Å². The first-order chi connectivity index (χ1) is 7.45. The van der Waals surface area contributed by atoms with E-state index < -0.39 is 18.8 Å². The van der Waals surface area contributed by atoms with Crippen LogP contribution in [0.4, 0.5) is 13.2 Å². The van der Waals surface area contributed by atoms with Crippen LogP contribution in [-0.2, 0) is 4.74 Å². The van der Waals surface area contributed by atoms with Gasteiger partial charge in [-0.3, -0.25) is 0 Å². The zero-order chi connectivity index (χ0) is 12.2. The van der Waals surface area contributed by atoms with Crippen molar-refractivity contribution < 1.29 is 23.0 Å². The summed E-state index contributed by atoms with van der Waals surface area (Å²) in [4.78, 5) is 0. The fourth-order valence-electron chi connectivity index (χ4n) is 1.99. The zero-order valence-corrected chi connectivity index (χ0v) is 9.26. The van der Waals surface area contributed by atoms with E-state index in [1.807, 2.05) is 0 Å². The standard InChI is InChI=1S/C10H18F3NO2/c1-16-8-5-3-2-4-7(8)14-6-9(15)10(11,12)13/h7-9,14-15H,2-6H2,1H3. The highest BCUT2D eigenvalue weighted by Crippen LogP contribution is 2.22. The molecule has 16 heavy (non-hydrogen) atoms. The summed E-state index contributed by atoms with van der Waals surface area (Å²) in [5.41, 5.74) is 0. The first-order valence-electron chi connectivity index (χ1n) is 5.46. The average molecular weight is 241 g/mol. The maximum atomic E-state index is 12.1. The lowest BCUT2D eigenvalue weighted by atomic mass is 9.92. The lowest BCUT2D eigenvalue weighted by Crippen LogP contribution is -2.48. The van der Waals surface area contributed by atoms with Gasteiger partial charge in [-0.2, -0.15) is 13.2 Å². The molecule has 0 spiro atoms. The summed E-state index contributed by atoms with van der Waals surface area (Å²) in [6, 6.07) is -0.0873. The van der Waals surface area contributed by atoms with Gasteiger partial charge in [0.25, 0.3) is 0 Å². The highest BCUT2D eigenvalue weighted by Gasteiger charge is 2.38. The molecule has 0 amide bonds. The molecular formula is C10H18F3NO2. The summed E-state index contributed by atoms with van der Waals surface area (Å²) in [7, 11) is 1.56. The van der Waals surface area contributed by atoms with Crippen molar-refractivity contribution in [3.8, 4) is 0 Å². The van der Waals surface area contributed by atoms with Gasteiger partial charge in [0.2, 0.25) is 0 Å². The van der Waals surface area contributed by atoms with E-state index in [0.29, 0.717) is 0 Å². The minimum atomic E-state index is -4.55. The van der Waals surface area contributed by atoms with Crippen molar-refractivity contribution in [3.63, 3.8) is 0 Å². The lowest BCUT2D eigenvalue weighted by molar-refractivity contribution is -0.202. The highest BCUT2D eigenvalue weighted by molar-refractivity contribution is 4.83. The maximum Gasteiger partial charge on any atom is 0.415 e. The van der Waals surface area contributed by atoms with E-state index in [2.05, 4.69) is 5.32 Å². The molecule has 0 radical (unpaired) electrons. The van der Waals surface area contributed by atoms with E-state index in [9.17, 15) is 13.2 Å². The van der Waals surface area contributed by atoms with Gasteiger partial charge in [0.15, 0.2) is 6.10 Å². The fraction of sp³-hybridized carbons (Fsp3) is 1.00. The number of nitrogens with one attached hydrogen (secondary N) is 1. The van der Waals surface area contributed by atoms with Crippen molar-refractivity contribution in [2.75, 3.05) is 13.7 Å². The van der Waals surface area contributed by atoms with Crippen molar-refractivity contribution in [1.82, 2.24) is 5.32 Å². The second-order valence-electron chi connectivity index (χ2n) is 4.13. The number of alkyl halides is 3. The van der Waals surface area contributed by atoms with Gasteiger partial charge < -0.3 is 15.2 Å². The number of methoxy groups -OCH3 is 1. The van der Waals surface area contributed by atoms with Crippen LogP contribution in [0, 0.1) is 0 Å². The minimum Gasteiger partial charge on any atom is -0.382 e. The van der Waals surface area contributed by atoms with Crippen LogP contribution in [0.1, 0.15) is 25.7 Å². The predicted molar refractivity (Wildman–Crippen MR) is 53.1 cm³/mol. The fourth-order valence-corrected chi connectivity index (χ4v) is 1.99. The zero-order valence-electron chi connectivity index (χ0n) is 9.26. The van der Waals surface area contributed by atoms with Gasteiger partial charge in [0.1, 0.15) is 0 Å². The summed E-state index contributed by atoms with van der Waals surface area (Å²) < 4.78 is 41.4. The van der Waals surface area contributed by atoms with Crippen molar-refractivity contribution in [3.05, 3.63) is 0 Å². The summed E-state index contributed by atoms with van der Waals surface area (Å²) in [5, 5.41) is 11.6. The van der Waals surface area contributed by atoms with Crippen LogP contribution in [-0.4, -0.2) is 43.2 Å². The van der Waals surface area contributed by atoms with Crippen LogP contribution in [0.3, 0.4) is 0 Å². The number of hydrogen-bond acceptors (Lipinski definition) is 3. The van der Waals surface area contributed by atoms with Gasteiger partial charge in [-0.05, 0) is 12.8 Å². The molecule has 6 heteroatoms. The number of aliphatic hydroxyl groups is 1. The van der Waals surface area contributed by atoms with Crippen LogP contribution in [0.15, 0.2) is 0 Å². The van der Waals surface area contributed by atoms with E-state index in [-0.39, 0.29) is 12.1 Å². The number of halogens is 3. The average Bonchev–Trinajstić information content (AvgIpc) is 2.24. The van der Waals surface area contributed by atoms with Gasteiger partial charge in [0, 0.05) is 19.7 Å². The Morgan fingerprint density at radius 2 is 2.00 bits per heavy atom. The van der Waals surface area contributed by atoms with Gasteiger partial charge in [0.05, 0.1) is 6.10 Å². The second-order valence-corrected chi connectivity index (χ2v) is 4.13. The van der Waals surface area contributed by atoms with Crippen molar-refractivity contribution in [2.45, 2.75) is 50.1 Å². The number of hydrogen-bond donors (Lipinski definition) is 2. The van der Waals surface area contributed by atoms with Crippen LogP contribution in [0.5, 0.6) is 0 Å². The smallest absolute Gasteiger partial charge is 0.382 e. The van der Waals surface area contributed by atoms with Gasteiger partial charge >= 0.3 is 6.18 Å². The van der Waals surface area contributed by atoms with Crippen molar-refractivity contribution in [1.29, 1.82) is 0 Å². The molecule has 3 nitrogen and oxygen atoms in total. The molecule has 96 valence electrons. The van der Waals surface area contributed by atoms with Crippen LogP contribution < -0.4 is 5.32 Å². The Balaban J connectivity index is 2.35. The molecule has 0 aromatic heterocycles. The summed E-state index contributed by atoms with van der Waals surface area (Å²) in [6.45, 7) is -0.464. The van der Waals surface area contributed by atoms with E-state index in [0.717, 1.165) is 25.7 Å². The Kier molecular flexibility index (Phi) is 5.01. The molecule has 3 atom stereocenters. The first-order valence-corrected chi connectivity index (χ1v) is 5.46. The molecule has 0 heterocycles. The summed E-state index contributed by atoms with van der Waals surface area (Å²) in [6.07, 6.45) is -3.22. The van der Waals surface area contributed by atoms with Crippen LogP contribution in [0.2, 0.25) is 0 Å². The second kappa shape index (κ2) is 5.84. The summed E-state index contributed by atoms with van der Waals surface area (Å²) >= 11 is 0. The molecule has 3 unspecified atom stereocenters. The molecule has 0 saturated heterocycles. The number of aliphatic hydroxyl groups excluding tert-OH is 1. The maximum absolute atomic E-state index is 12.1. The topological polar surface area (TPSA) is 41.5 Å². The number of ether oxygens (including phenoxy) is 1. The molecule has 1 rings (SSSR count). The van der Waals surface area contributed by atoms with Crippen LogP contribution in [0.25, 0.3) is 0 Å². The lowest BCUT2D eigenvalue weighted by Gasteiger charge is -2.32. The Morgan fingerprint density at radius 3 is 2.56 bits per heavy atom. The van der Waals surface area contributed by atoms with E-state index >= 15 is 0 Å². The van der Waals surface area contributed by atoms with Gasteiger partial charge in [-0.25, -0.2) is 0 Å². The third-order valence-electron chi connectivity index (χ3n) is 2.96. The predicted octanol–water partition coefficient (Wildman–Crippen LogP) is 1.46. The minimum absolute atomic E-state index is 0.0471. The summed E-state index contributed by atoms with van der Waals surface area (Å²) in [5.74, 6) is 0. The molecule has 1 fully saturated rings. The molecule has 0 aromatic carbocycles. The SMILES string of the molecule is COC1CCCCC1NCC(O)C(F)(F)F. The van der Waals surface area contributed by atoms with E-state index in [4.69, 9.17) is 9.84 Å². The largest absolute Gasteiger partial charge is 0.415 e. The third-order valence-corrected chi connectivity index (χ3v) is 2.96. The van der Waals surface area contributed by atoms with Crippen molar-refractivity contribution >= 4 is 0 Å². The van der Waals surface area contributed by atoms with Gasteiger partial charge in [-0.1, -0.05) is 12.8 Å². The molecule has 2 N–H and O–H groups in total. The Labute approximate surface area is 93.0 Å². The quantitative estimate of drug-likeness (QED) is 0.783. The normalized spacial score (nSPS) is 29.1. The Morgan fingerprint density at radius 1 is 1.38 bits per heavy atom. The molecule has 1 aliphatic rings. The molecular weight excluding hydrogens is 223 g/mol. The van der Waals surface area contributed by atoms with E-state index in [1.165, 1.54) is 0 Å². The Hall–Kier alpha value is -0.330. The molecule has 0 aromatic rings. The molecule has 1 aliphatic carbocycles. The highest BCUT2D eigenvalue weighted by atomic mass is 19.4. The third kappa shape index (κ3) is 3.92. The number of rotatable bonds is 4. The van der Waals surface area contributed by atoms with E-state index in [1.54, 1.807) is 7.11 Å². The van der Waals surface area contributed by atoms with Crippen molar-refractivity contribution in [2.24, 2.45) is 0 Å². The molecule has 1 saturated carbocycles.